The van der Waals surface area contributed by atoms with Gasteiger partial charge < -0.3 is 14.2 Å². The normalized spacial score (nSPS) is 15.2. The highest BCUT2D eigenvalue weighted by Crippen LogP contribution is 2.36. The number of benzene rings is 2. The highest BCUT2D eigenvalue weighted by molar-refractivity contribution is 7.07. The number of allylic oxidation sites excluding steroid dienone is 1. The molecule has 0 spiro atoms. The summed E-state index contributed by atoms with van der Waals surface area (Å²) >= 11 is 1.26. The molecule has 1 aliphatic heterocycles. The molecule has 0 radical (unpaired) electrons. The standard InChI is InChI=1S/C30H32N2O6S/c1-7-36-24-16-22(13-14-23(24)38-19(6)33)27-26(29(35)37-8-2)18(5)31-30-32(27)28(34)25(39-30)15-20-9-11-21(12-10-20)17(3)4/h9-17,27H,7-8H2,1-6H3/b25-15+/t27-/m0/s1. The molecule has 0 saturated carbocycles. The van der Waals surface area contributed by atoms with Crippen molar-refractivity contribution in [2.75, 3.05) is 13.2 Å². The summed E-state index contributed by atoms with van der Waals surface area (Å²) in [6.07, 6.45) is 1.84. The summed E-state index contributed by atoms with van der Waals surface area (Å²) < 4.78 is 18.4. The lowest BCUT2D eigenvalue weighted by Gasteiger charge is -2.25. The van der Waals surface area contributed by atoms with Crippen LogP contribution in [0.4, 0.5) is 0 Å². The van der Waals surface area contributed by atoms with Crippen LogP contribution in [0.5, 0.6) is 11.5 Å². The molecule has 39 heavy (non-hydrogen) atoms. The number of ether oxygens (including phenoxy) is 3. The number of fused-ring (bicyclic) bond motifs is 1. The summed E-state index contributed by atoms with van der Waals surface area (Å²) in [7, 11) is 0. The average Bonchev–Trinajstić information content (AvgIpc) is 3.18. The Hall–Kier alpha value is -3.98. The summed E-state index contributed by atoms with van der Waals surface area (Å²) in [6, 6.07) is 12.3. The van der Waals surface area contributed by atoms with Crippen LogP contribution in [0.1, 0.15) is 70.2 Å². The molecule has 2 aromatic carbocycles. The fourth-order valence-electron chi connectivity index (χ4n) is 4.44. The number of carbonyl (C=O) groups excluding carboxylic acids is 2. The van der Waals surface area contributed by atoms with Crippen LogP contribution in [0.2, 0.25) is 0 Å². The monoisotopic (exact) mass is 548 g/mol. The first-order valence-corrected chi connectivity index (χ1v) is 13.7. The summed E-state index contributed by atoms with van der Waals surface area (Å²) in [4.78, 5) is 43.7. The Bertz CT molecular complexity index is 1610. The number of aromatic nitrogens is 1. The van der Waals surface area contributed by atoms with Gasteiger partial charge in [0.25, 0.3) is 5.56 Å². The van der Waals surface area contributed by atoms with Gasteiger partial charge in [-0.1, -0.05) is 55.5 Å². The molecule has 2 heterocycles. The van der Waals surface area contributed by atoms with Gasteiger partial charge in [-0.25, -0.2) is 9.79 Å². The quantitative estimate of drug-likeness (QED) is 0.309. The predicted octanol–water partition coefficient (Wildman–Crippen LogP) is 4.25. The minimum atomic E-state index is -0.809. The molecule has 1 atom stereocenters. The zero-order valence-corrected chi connectivity index (χ0v) is 23.8. The number of esters is 2. The first-order chi connectivity index (χ1) is 18.6. The third-order valence-corrected chi connectivity index (χ3v) is 7.24. The molecule has 4 rings (SSSR count). The van der Waals surface area contributed by atoms with E-state index >= 15 is 0 Å². The van der Waals surface area contributed by atoms with Gasteiger partial charge in [0.15, 0.2) is 16.3 Å². The van der Waals surface area contributed by atoms with Gasteiger partial charge in [-0.15, -0.1) is 0 Å². The molecule has 1 aromatic heterocycles. The van der Waals surface area contributed by atoms with E-state index in [0.717, 1.165) is 5.56 Å². The van der Waals surface area contributed by atoms with Gasteiger partial charge in [0.2, 0.25) is 0 Å². The summed E-state index contributed by atoms with van der Waals surface area (Å²) in [5, 5.41) is 0. The van der Waals surface area contributed by atoms with Crippen LogP contribution in [-0.4, -0.2) is 29.7 Å². The smallest absolute Gasteiger partial charge is 0.338 e. The first kappa shape index (κ1) is 28.0. The fourth-order valence-corrected chi connectivity index (χ4v) is 5.48. The van der Waals surface area contributed by atoms with Crippen LogP contribution < -0.4 is 24.4 Å². The van der Waals surface area contributed by atoms with Gasteiger partial charge in [0, 0.05) is 6.92 Å². The Morgan fingerprint density at radius 3 is 2.41 bits per heavy atom. The third kappa shape index (κ3) is 5.88. The summed E-state index contributed by atoms with van der Waals surface area (Å²) in [5.41, 5.74) is 3.17. The van der Waals surface area contributed by atoms with E-state index in [0.29, 0.717) is 38.9 Å². The Balaban J connectivity index is 1.92. The number of hydrogen-bond acceptors (Lipinski definition) is 8. The zero-order chi connectivity index (χ0) is 28.3. The summed E-state index contributed by atoms with van der Waals surface area (Å²) in [5.74, 6) is -0.0491. The molecule has 0 unspecified atom stereocenters. The second-order valence-electron chi connectivity index (χ2n) is 9.36. The molecule has 0 saturated heterocycles. The van der Waals surface area contributed by atoms with Crippen LogP contribution in [0.3, 0.4) is 0 Å². The lowest BCUT2D eigenvalue weighted by atomic mass is 9.95. The van der Waals surface area contributed by atoms with E-state index in [1.807, 2.05) is 25.1 Å². The van der Waals surface area contributed by atoms with Crippen LogP contribution in [0.25, 0.3) is 6.08 Å². The Morgan fingerprint density at radius 2 is 1.79 bits per heavy atom. The molecule has 9 heteroatoms. The molecular weight excluding hydrogens is 516 g/mol. The molecule has 0 fully saturated rings. The largest absolute Gasteiger partial charge is 0.490 e. The van der Waals surface area contributed by atoms with E-state index < -0.39 is 18.0 Å². The maximum absolute atomic E-state index is 13.8. The lowest BCUT2D eigenvalue weighted by Crippen LogP contribution is -2.40. The van der Waals surface area contributed by atoms with E-state index in [4.69, 9.17) is 14.2 Å². The minimum Gasteiger partial charge on any atom is -0.490 e. The topological polar surface area (TPSA) is 96.2 Å². The number of hydrogen-bond donors (Lipinski definition) is 0. The second kappa shape index (κ2) is 11.8. The highest BCUT2D eigenvalue weighted by atomic mass is 32.1. The van der Waals surface area contributed by atoms with Crippen molar-refractivity contribution in [2.45, 2.75) is 53.5 Å². The Kier molecular flexibility index (Phi) is 8.50. The molecule has 8 nitrogen and oxygen atoms in total. The van der Waals surface area contributed by atoms with Gasteiger partial charge in [0.1, 0.15) is 0 Å². The van der Waals surface area contributed by atoms with Crippen molar-refractivity contribution in [1.82, 2.24) is 4.57 Å². The number of rotatable bonds is 8. The van der Waals surface area contributed by atoms with Crippen molar-refractivity contribution in [3.05, 3.63) is 90.1 Å². The molecule has 0 bridgehead atoms. The van der Waals surface area contributed by atoms with E-state index in [-0.39, 0.29) is 23.5 Å². The van der Waals surface area contributed by atoms with Crippen LogP contribution in [0, 0.1) is 0 Å². The molecule has 3 aromatic rings. The van der Waals surface area contributed by atoms with Crippen molar-refractivity contribution in [1.29, 1.82) is 0 Å². The van der Waals surface area contributed by atoms with Gasteiger partial charge in [0.05, 0.1) is 35.1 Å². The van der Waals surface area contributed by atoms with Crippen LogP contribution in [-0.2, 0) is 14.3 Å². The molecule has 0 N–H and O–H groups in total. The van der Waals surface area contributed by atoms with E-state index in [1.54, 1.807) is 32.0 Å². The van der Waals surface area contributed by atoms with Gasteiger partial charge in [-0.3, -0.25) is 14.2 Å². The second-order valence-corrected chi connectivity index (χ2v) is 10.4. The van der Waals surface area contributed by atoms with Crippen molar-refractivity contribution in [2.24, 2.45) is 4.99 Å². The van der Waals surface area contributed by atoms with E-state index in [1.165, 1.54) is 28.4 Å². The van der Waals surface area contributed by atoms with Crippen LogP contribution in [0.15, 0.2) is 63.5 Å². The van der Waals surface area contributed by atoms with Crippen molar-refractivity contribution in [3.63, 3.8) is 0 Å². The third-order valence-electron chi connectivity index (χ3n) is 6.25. The Morgan fingerprint density at radius 1 is 1.08 bits per heavy atom. The Labute approximate surface area is 230 Å². The summed E-state index contributed by atoms with van der Waals surface area (Å²) in [6.45, 7) is 11.3. The van der Waals surface area contributed by atoms with Crippen molar-refractivity contribution >= 4 is 29.4 Å². The number of thiazole rings is 1. The molecule has 0 aliphatic carbocycles. The number of nitrogens with zero attached hydrogens (tertiary/aromatic N) is 2. The SMILES string of the molecule is CCOC(=O)C1=C(C)N=c2s/c(=C/c3ccc(C(C)C)cc3)c(=O)n2[C@H]1c1ccc(OC(C)=O)c(OCC)c1. The van der Waals surface area contributed by atoms with Gasteiger partial charge >= 0.3 is 11.9 Å². The molecule has 204 valence electrons. The van der Waals surface area contributed by atoms with E-state index in [2.05, 4.69) is 31.0 Å². The van der Waals surface area contributed by atoms with E-state index in [9.17, 15) is 14.4 Å². The molecular formula is C30H32N2O6S. The van der Waals surface area contributed by atoms with Crippen LogP contribution >= 0.6 is 11.3 Å². The number of carbonyl (C=O) groups is 2. The molecule has 0 amide bonds. The lowest BCUT2D eigenvalue weighted by molar-refractivity contribution is -0.139. The zero-order valence-electron chi connectivity index (χ0n) is 22.9. The fraction of sp³-hybridized carbons (Fsp3) is 0.333. The first-order valence-electron chi connectivity index (χ1n) is 12.9. The maximum Gasteiger partial charge on any atom is 0.338 e. The van der Waals surface area contributed by atoms with Crippen molar-refractivity contribution in [3.8, 4) is 11.5 Å². The average molecular weight is 549 g/mol. The minimum absolute atomic E-state index is 0.175. The predicted molar refractivity (Wildman–Crippen MR) is 150 cm³/mol. The van der Waals surface area contributed by atoms with Crippen molar-refractivity contribution < 1.29 is 23.8 Å². The highest BCUT2D eigenvalue weighted by Gasteiger charge is 2.34. The van der Waals surface area contributed by atoms with Gasteiger partial charge in [-0.05, 0) is 61.6 Å². The molecule has 1 aliphatic rings. The maximum atomic E-state index is 13.8. The van der Waals surface area contributed by atoms with Gasteiger partial charge in [-0.2, -0.15) is 0 Å².